The SMILES string of the molecule is CC(=O)CC(=O)OC(C)N(c1ccc(N=Nc2c(Cl)cc([N+](=O)[O-])cc2Cl)c(C)c1)C(C)C#N. The number of ketones is 1. The van der Waals surface area contributed by atoms with Crippen LogP contribution in [0.2, 0.25) is 10.0 Å². The van der Waals surface area contributed by atoms with Gasteiger partial charge in [-0.2, -0.15) is 10.4 Å². The van der Waals surface area contributed by atoms with E-state index < -0.39 is 23.2 Å². The lowest BCUT2D eigenvalue weighted by molar-refractivity contribution is -0.384. The van der Waals surface area contributed by atoms with Crippen molar-refractivity contribution in [2.24, 2.45) is 10.2 Å². The normalized spacial score (nSPS) is 12.6. The first-order chi connectivity index (χ1) is 15.9. The van der Waals surface area contributed by atoms with Gasteiger partial charge in [-0.1, -0.05) is 23.2 Å². The van der Waals surface area contributed by atoms with Gasteiger partial charge in [-0.15, -0.1) is 5.11 Å². The maximum absolute atomic E-state index is 11.9. The van der Waals surface area contributed by atoms with Crippen LogP contribution in [0.15, 0.2) is 40.6 Å². The van der Waals surface area contributed by atoms with Crippen LogP contribution in [0.25, 0.3) is 0 Å². The van der Waals surface area contributed by atoms with Gasteiger partial charge in [0.25, 0.3) is 5.69 Å². The second-order valence-electron chi connectivity index (χ2n) is 7.37. The van der Waals surface area contributed by atoms with Crippen LogP contribution >= 0.6 is 23.2 Å². The van der Waals surface area contributed by atoms with E-state index in [9.17, 15) is 25.0 Å². The number of carbonyl (C=O) groups is 2. The van der Waals surface area contributed by atoms with Crippen LogP contribution in [0.4, 0.5) is 22.7 Å². The van der Waals surface area contributed by atoms with Crippen LogP contribution in [-0.4, -0.2) is 28.9 Å². The maximum atomic E-state index is 11.9. The molecule has 2 rings (SSSR count). The lowest BCUT2D eigenvalue weighted by atomic mass is 10.1. The third-order valence-corrected chi connectivity index (χ3v) is 5.22. The van der Waals surface area contributed by atoms with Crippen LogP contribution in [0.3, 0.4) is 0 Å². The highest BCUT2D eigenvalue weighted by molar-refractivity contribution is 6.39. The molecule has 2 atom stereocenters. The van der Waals surface area contributed by atoms with E-state index in [1.165, 1.54) is 6.92 Å². The lowest BCUT2D eigenvalue weighted by Gasteiger charge is -2.33. The van der Waals surface area contributed by atoms with Crippen molar-refractivity contribution in [1.29, 1.82) is 5.26 Å². The highest BCUT2D eigenvalue weighted by atomic mass is 35.5. The molecule has 0 heterocycles. The molecular formula is C22H21Cl2N5O5. The number of esters is 1. The van der Waals surface area contributed by atoms with E-state index >= 15 is 0 Å². The number of aryl methyl sites for hydroxylation is 1. The summed E-state index contributed by atoms with van der Waals surface area (Å²) < 4.78 is 5.32. The number of ether oxygens (including phenoxy) is 1. The smallest absolute Gasteiger partial charge is 0.315 e. The van der Waals surface area contributed by atoms with Gasteiger partial charge in [0, 0.05) is 17.8 Å². The lowest BCUT2D eigenvalue weighted by Crippen LogP contribution is -2.42. The summed E-state index contributed by atoms with van der Waals surface area (Å²) in [6.07, 6.45) is -1.17. The summed E-state index contributed by atoms with van der Waals surface area (Å²) >= 11 is 12.1. The Morgan fingerprint density at radius 2 is 1.82 bits per heavy atom. The fraction of sp³-hybridized carbons (Fsp3) is 0.318. The molecule has 12 heteroatoms. The second kappa shape index (κ2) is 11.5. The quantitative estimate of drug-likeness (QED) is 0.0984. The zero-order valence-electron chi connectivity index (χ0n) is 18.8. The van der Waals surface area contributed by atoms with Crippen molar-refractivity contribution < 1.29 is 19.2 Å². The van der Waals surface area contributed by atoms with E-state index in [4.69, 9.17) is 27.9 Å². The summed E-state index contributed by atoms with van der Waals surface area (Å²) in [5.74, 6) is -1.01. The minimum atomic E-state index is -0.814. The number of Topliss-reactive ketones (excluding diaryl/α,β-unsaturated/α-hetero) is 1. The first-order valence-electron chi connectivity index (χ1n) is 9.97. The molecule has 0 aliphatic carbocycles. The van der Waals surface area contributed by atoms with Gasteiger partial charge in [-0.25, -0.2) is 0 Å². The summed E-state index contributed by atoms with van der Waals surface area (Å²) in [4.78, 5) is 35.0. The van der Waals surface area contributed by atoms with E-state index in [2.05, 4.69) is 16.3 Å². The third-order valence-electron chi connectivity index (χ3n) is 4.64. The minimum Gasteiger partial charge on any atom is -0.441 e. The van der Waals surface area contributed by atoms with E-state index in [1.807, 2.05) is 0 Å². The van der Waals surface area contributed by atoms with Gasteiger partial charge in [0.1, 0.15) is 23.9 Å². The molecule has 2 aromatic rings. The van der Waals surface area contributed by atoms with E-state index in [0.717, 1.165) is 12.1 Å². The van der Waals surface area contributed by atoms with Crippen molar-refractivity contribution in [3.63, 3.8) is 0 Å². The molecule has 2 aromatic carbocycles. The number of benzene rings is 2. The molecule has 0 aliphatic heterocycles. The van der Waals surface area contributed by atoms with Crippen molar-refractivity contribution in [1.82, 2.24) is 0 Å². The van der Waals surface area contributed by atoms with Crippen LogP contribution in [0.1, 0.15) is 32.8 Å². The van der Waals surface area contributed by atoms with Crippen LogP contribution in [0.5, 0.6) is 0 Å². The molecule has 0 fully saturated rings. The van der Waals surface area contributed by atoms with Gasteiger partial charge in [0.2, 0.25) is 0 Å². The highest BCUT2D eigenvalue weighted by Crippen LogP contribution is 2.38. The number of hydrogen-bond donors (Lipinski definition) is 0. The van der Waals surface area contributed by atoms with Gasteiger partial charge in [0.15, 0.2) is 6.23 Å². The van der Waals surface area contributed by atoms with Gasteiger partial charge in [-0.3, -0.25) is 19.7 Å². The Morgan fingerprint density at radius 3 is 2.32 bits per heavy atom. The van der Waals surface area contributed by atoms with Gasteiger partial charge in [-0.05, 0) is 51.5 Å². The van der Waals surface area contributed by atoms with E-state index in [0.29, 0.717) is 16.9 Å². The Balaban J connectivity index is 2.33. The first-order valence-corrected chi connectivity index (χ1v) is 10.7. The monoisotopic (exact) mass is 505 g/mol. The van der Waals surface area contributed by atoms with E-state index in [-0.39, 0.29) is 33.6 Å². The van der Waals surface area contributed by atoms with E-state index in [1.54, 1.807) is 43.9 Å². The summed E-state index contributed by atoms with van der Waals surface area (Å²) in [5, 5.41) is 28.5. The predicted octanol–water partition coefficient (Wildman–Crippen LogP) is 6.21. The molecule has 34 heavy (non-hydrogen) atoms. The molecule has 0 bridgehead atoms. The van der Waals surface area contributed by atoms with Crippen molar-refractivity contribution in [2.45, 2.75) is 46.4 Å². The van der Waals surface area contributed by atoms with Gasteiger partial charge >= 0.3 is 5.97 Å². The Kier molecular flexibility index (Phi) is 9.06. The van der Waals surface area contributed by atoms with Crippen molar-refractivity contribution in [2.75, 3.05) is 4.90 Å². The predicted molar refractivity (Wildman–Crippen MR) is 127 cm³/mol. The van der Waals surface area contributed by atoms with Crippen LogP contribution in [0, 0.1) is 28.4 Å². The second-order valence-corrected chi connectivity index (χ2v) is 8.18. The maximum Gasteiger partial charge on any atom is 0.315 e. The Morgan fingerprint density at radius 1 is 1.21 bits per heavy atom. The molecule has 0 N–H and O–H groups in total. The molecule has 10 nitrogen and oxygen atoms in total. The van der Waals surface area contributed by atoms with Crippen molar-refractivity contribution in [3.05, 3.63) is 56.1 Å². The molecule has 178 valence electrons. The summed E-state index contributed by atoms with van der Waals surface area (Å²) in [7, 11) is 0. The molecule has 0 spiro atoms. The Labute approximate surface area is 205 Å². The summed E-state index contributed by atoms with van der Waals surface area (Å²) in [5.41, 5.74) is 1.54. The van der Waals surface area contributed by atoms with Gasteiger partial charge in [0.05, 0.1) is 26.7 Å². The number of nitro groups is 1. The standard InChI is InChI=1S/C22H21Cl2N5O5/c1-12-7-16(28(13(2)11-25)15(4)34-21(31)8-14(3)30)5-6-20(12)26-27-22-18(23)9-17(29(32)33)10-19(22)24/h5-7,9-10,13,15H,8H2,1-4H3. The Hall–Kier alpha value is -3.55. The van der Waals surface area contributed by atoms with Gasteiger partial charge < -0.3 is 9.64 Å². The van der Waals surface area contributed by atoms with Crippen molar-refractivity contribution in [3.8, 4) is 6.07 Å². The molecule has 0 radical (unpaired) electrons. The van der Waals surface area contributed by atoms with Crippen LogP contribution < -0.4 is 4.90 Å². The number of azo groups is 1. The number of rotatable bonds is 9. The average Bonchev–Trinajstić information content (AvgIpc) is 2.73. The average molecular weight is 506 g/mol. The zero-order chi connectivity index (χ0) is 25.6. The molecule has 0 saturated heterocycles. The molecule has 0 amide bonds. The molecule has 0 aromatic heterocycles. The first kappa shape index (κ1) is 26.7. The number of anilines is 1. The minimum absolute atomic E-state index is 0.0209. The number of hydrogen-bond acceptors (Lipinski definition) is 9. The topological polar surface area (TPSA) is 138 Å². The molecule has 2 unspecified atom stereocenters. The number of nitriles is 1. The number of nitrogens with zero attached hydrogens (tertiary/aromatic N) is 5. The Bertz CT molecular complexity index is 1170. The molecule has 0 saturated carbocycles. The summed E-state index contributed by atoms with van der Waals surface area (Å²) in [6, 6.07) is 8.77. The number of non-ortho nitro benzene ring substituents is 1. The molecular weight excluding hydrogens is 485 g/mol. The number of halogens is 2. The largest absolute Gasteiger partial charge is 0.441 e. The van der Waals surface area contributed by atoms with Crippen LogP contribution in [-0.2, 0) is 14.3 Å². The fourth-order valence-corrected chi connectivity index (χ4v) is 3.62. The molecule has 0 aliphatic rings. The summed E-state index contributed by atoms with van der Waals surface area (Å²) in [6.45, 7) is 6.30. The number of carbonyl (C=O) groups excluding carboxylic acids is 2. The number of nitro benzene ring substituents is 1. The third kappa shape index (κ3) is 6.73. The fourth-order valence-electron chi connectivity index (χ4n) is 3.07. The van der Waals surface area contributed by atoms with Crippen molar-refractivity contribution >= 4 is 57.7 Å². The zero-order valence-corrected chi connectivity index (χ0v) is 20.3. The highest BCUT2D eigenvalue weighted by Gasteiger charge is 2.24.